The summed E-state index contributed by atoms with van der Waals surface area (Å²) in [6.07, 6.45) is 14.0. The Kier molecular flexibility index (Phi) is 4.68. The van der Waals surface area contributed by atoms with Crippen LogP contribution in [0.3, 0.4) is 0 Å². The molecule has 0 aromatic heterocycles. The Morgan fingerprint density at radius 1 is 0.966 bits per heavy atom. The minimum Gasteiger partial charge on any atom is -0.497 e. The van der Waals surface area contributed by atoms with Crippen molar-refractivity contribution in [1.29, 1.82) is 0 Å². The van der Waals surface area contributed by atoms with Crippen LogP contribution in [-0.4, -0.2) is 12.9 Å². The van der Waals surface area contributed by atoms with Crippen LogP contribution in [0.4, 0.5) is 0 Å². The molecule has 0 bridgehead atoms. The molecule has 2 nitrogen and oxygen atoms in total. The highest BCUT2D eigenvalue weighted by Crippen LogP contribution is 2.66. The van der Waals surface area contributed by atoms with Gasteiger partial charge in [0.25, 0.3) is 0 Å². The molecule has 4 fully saturated rings. The molecule has 156 valence electrons. The van der Waals surface area contributed by atoms with Crippen LogP contribution in [0.25, 0.3) is 6.08 Å². The second-order valence-electron chi connectivity index (χ2n) is 10.8. The standard InChI is InChI=1S/C27H36O2/c1-26-14-5-4-6-20(26)9-12-22-23(26)13-15-27(2)24(22)17-19(25(27)28)16-18-7-10-21(29-3)11-8-18/h7-8,10-11,16,20,22-24H,4-6,9,12-15,17H2,1-3H3/b19-16+/t20-,22+,23-,24-,26+,27+/m1/s1. The summed E-state index contributed by atoms with van der Waals surface area (Å²) in [5, 5.41) is 0. The minimum absolute atomic E-state index is 0.128. The van der Waals surface area contributed by atoms with Gasteiger partial charge in [-0.2, -0.15) is 0 Å². The number of carbonyl (C=O) groups is 1. The Morgan fingerprint density at radius 2 is 1.76 bits per heavy atom. The van der Waals surface area contributed by atoms with Crippen molar-refractivity contribution in [2.45, 2.75) is 71.6 Å². The molecule has 0 unspecified atom stereocenters. The zero-order chi connectivity index (χ0) is 20.2. The molecule has 4 aliphatic carbocycles. The van der Waals surface area contributed by atoms with E-state index in [0.717, 1.165) is 47.5 Å². The highest BCUT2D eigenvalue weighted by atomic mass is 16.5. The lowest BCUT2D eigenvalue weighted by molar-refractivity contribution is -0.137. The number of methoxy groups -OCH3 is 1. The van der Waals surface area contributed by atoms with Crippen molar-refractivity contribution in [1.82, 2.24) is 0 Å². The molecule has 0 saturated heterocycles. The van der Waals surface area contributed by atoms with Gasteiger partial charge in [-0.3, -0.25) is 4.79 Å². The van der Waals surface area contributed by atoms with E-state index in [4.69, 9.17) is 4.74 Å². The fraction of sp³-hybridized carbons (Fsp3) is 0.667. The van der Waals surface area contributed by atoms with Crippen molar-refractivity contribution >= 4 is 11.9 Å². The molecule has 0 N–H and O–H groups in total. The SMILES string of the molecule is COc1ccc(/C=C2\C[C@@H]3[C@H]4CC[C@H]5CCCC[C@]5(C)[C@@H]4CC[C@]3(C)C2=O)cc1. The van der Waals surface area contributed by atoms with E-state index in [1.54, 1.807) is 7.11 Å². The van der Waals surface area contributed by atoms with E-state index in [1.165, 1.54) is 44.9 Å². The van der Waals surface area contributed by atoms with Crippen LogP contribution >= 0.6 is 0 Å². The Labute approximate surface area is 176 Å². The number of carbonyl (C=O) groups excluding carboxylic acids is 1. The second kappa shape index (κ2) is 7.00. The Balaban J connectivity index is 1.43. The average Bonchev–Trinajstić information content (AvgIpc) is 2.99. The number of allylic oxidation sites excluding steroid dienone is 1. The molecule has 1 aromatic rings. The van der Waals surface area contributed by atoms with Gasteiger partial charge in [0.15, 0.2) is 5.78 Å². The number of hydrogen-bond acceptors (Lipinski definition) is 2. The first-order chi connectivity index (χ1) is 14.0. The summed E-state index contributed by atoms with van der Waals surface area (Å²) >= 11 is 0. The van der Waals surface area contributed by atoms with E-state index in [0.29, 0.717) is 17.1 Å². The van der Waals surface area contributed by atoms with Crippen molar-refractivity contribution in [2.24, 2.45) is 34.5 Å². The number of ketones is 1. The van der Waals surface area contributed by atoms with Gasteiger partial charge >= 0.3 is 0 Å². The minimum atomic E-state index is -0.128. The molecule has 0 heterocycles. The molecule has 0 spiro atoms. The van der Waals surface area contributed by atoms with E-state index >= 15 is 0 Å². The van der Waals surface area contributed by atoms with Gasteiger partial charge in [0.2, 0.25) is 0 Å². The van der Waals surface area contributed by atoms with Crippen LogP contribution < -0.4 is 4.74 Å². The molecular weight excluding hydrogens is 356 g/mol. The number of Topliss-reactive ketones (excluding diaryl/α,β-unsaturated/α-hetero) is 1. The molecular formula is C27H36O2. The first kappa shape index (κ1) is 19.4. The third-order valence-electron chi connectivity index (χ3n) is 9.68. The van der Waals surface area contributed by atoms with Crippen molar-refractivity contribution in [3.05, 3.63) is 35.4 Å². The lowest BCUT2D eigenvalue weighted by Crippen LogP contribution is -2.52. The summed E-state index contributed by atoms with van der Waals surface area (Å²) in [5.74, 6) is 4.39. The van der Waals surface area contributed by atoms with Crippen LogP contribution in [0.2, 0.25) is 0 Å². The summed E-state index contributed by atoms with van der Waals surface area (Å²) < 4.78 is 5.28. The third kappa shape index (κ3) is 2.93. The third-order valence-corrected chi connectivity index (χ3v) is 9.68. The smallest absolute Gasteiger partial charge is 0.165 e. The van der Waals surface area contributed by atoms with Crippen molar-refractivity contribution in [3.8, 4) is 5.75 Å². The van der Waals surface area contributed by atoms with Crippen molar-refractivity contribution in [2.75, 3.05) is 7.11 Å². The fourth-order valence-electron chi connectivity index (χ4n) is 8.00. The molecule has 5 rings (SSSR count). The summed E-state index contributed by atoms with van der Waals surface area (Å²) in [4.78, 5) is 13.5. The zero-order valence-electron chi connectivity index (χ0n) is 18.4. The number of ether oxygens (including phenoxy) is 1. The highest BCUT2D eigenvalue weighted by molar-refractivity contribution is 6.05. The zero-order valence-corrected chi connectivity index (χ0v) is 18.4. The second-order valence-corrected chi connectivity index (χ2v) is 10.8. The van der Waals surface area contributed by atoms with E-state index < -0.39 is 0 Å². The first-order valence-electron chi connectivity index (χ1n) is 11.8. The molecule has 6 atom stereocenters. The van der Waals surface area contributed by atoms with Crippen LogP contribution in [0, 0.1) is 34.5 Å². The first-order valence-corrected chi connectivity index (χ1v) is 11.8. The molecule has 29 heavy (non-hydrogen) atoms. The number of hydrogen-bond donors (Lipinski definition) is 0. The molecule has 4 aliphatic rings. The summed E-state index contributed by atoms with van der Waals surface area (Å²) in [5.41, 5.74) is 2.60. The monoisotopic (exact) mass is 392 g/mol. The van der Waals surface area contributed by atoms with Crippen molar-refractivity contribution < 1.29 is 9.53 Å². The fourth-order valence-corrected chi connectivity index (χ4v) is 8.00. The molecule has 0 aliphatic heterocycles. The summed E-state index contributed by atoms with van der Waals surface area (Å²) in [6.45, 7) is 4.90. The molecule has 2 heteroatoms. The largest absolute Gasteiger partial charge is 0.497 e. The van der Waals surface area contributed by atoms with E-state index in [2.05, 4.69) is 32.1 Å². The Morgan fingerprint density at radius 3 is 2.52 bits per heavy atom. The van der Waals surface area contributed by atoms with Gasteiger partial charge in [0.1, 0.15) is 5.75 Å². The van der Waals surface area contributed by atoms with E-state index in [-0.39, 0.29) is 5.41 Å². The van der Waals surface area contributed by atoms with Crippen LogP contribution in [0.1, 0.15) is 77.2 Å². The maximum absolute atomic E-state index is 13.5. The number of fused-ring (bicyclic) bond motifs is 5. The topological polar surface area (TPSA) is 26.3 Å². The van der Waals surface area contributed by atoms with Crippen LogP contribution in [0.5, 0.6) is 5.75 Å². The van der Waals surface area contributed by atoms with Gasteiger partial charge in [-0.15, -0.1) is 0 Å². The van der Waals surface area contributed by atoms with E-state index in [1.807, 2.05) is 12.1 Å². The van der Waals surface area contributed by atoms with Gasteiger partial charge in [0.05, 0.1) is 7.11 Å². The van der Waals surface area contributed by atoms with Gasteiger partial charge in [-0.1, -0.05) is 38.8 Å². The predicted molar refractivity (Wildman–Crippen MR) is 118 cm³/mol. The maximum atomic E-state index is 13.5. The normalized spacial score (nSPS) is 42.9. The number of rotatable bonds is 2. The van der Waals surface area contributed by atoms with Crippen LogP contribution in [-0.2, 0) is 4.79 Å². The van der Waals surface area contributed by atoms with E-state index in [9.17, 15) is 4.79 Å². The average molecular weight is 393 g/mol. The quantitative estimate of drug-likeness (QED) is 0.524. The molecule has 0 radical (unpaired) electrons. The predicted octanol–water partition coefficient (Wildman–Crippen LogP) is 6.69. The van der Waals surface area contributed by atoms with Crippen LogP contribution in [0.15, 0.2) is 29.8 Å². The van der Waals surface area contributed by atoms with Gasteiger partial charge < -0.3 is 4.74 Å². The summed E-state index contributed by atoms with van der Waals surface area (Å²) in [6, 6.07) is 8.12. The maximum Gasteiger partial charge on any atom is 0.165 e. The molecule has 0 amide bonds. The Bertz CT molecular complexity index is 821. The molecule has 1 aromatic carbocycles. The van der Waals surface area contributed by atoms with Gasteiger partial charge in [-0.05, 0) is 103 Å². The molecule has 4 saturated carbocycles. The van der Waals surface area contributed by atoms with Crippen molar-refractivity contribution in [3.63, 3.8) is 0 Å². The van der Waals surface area contributed by atoms with Gasteiger partial charge in [-0.25, -0.2) is 0 Å². The Hall–Kier alpha value is -1.57. The highest BCUT2D eigenvalue weighted by Gasteiger charge is 2.60. The number of benzene rings is 1. The summed E-state index contributed by atoms with van der Waals surface area (Å²) in [7, 11) is 1.69. The lowest BCUT2D eigenvalue weighted by atomic mass is 9.45. The lowest BCUT2D eigenvalue weighted by Gasteiger charge is -2.59. The van der Waals surface area contributed by atoms with Gasteiger partial charge in [0, 0.05) is 5.41 Å².